The predicted octanol–water partition coefficient (Wildman–Crippen LogP) is 3.12. The lowest BCUT2D eigenvalue weighted by Gasteiger charge is -2.40. The van der Waals surface area contributed by atoms with Gasteiger partial charge in [0.1, 0.15) is 23.1 Å². The zero-order chi connectivity index (χ0) is 14.8. The zero-order valence-electron chi connectivity index (χ0n) is 11.9. The van der Waals surface area contributed by atoms with Crippen LogP contribution in [0.5, 0.6) is 5.75 Å². The maximum Gasteiger partial charge on any atom is 0.410 e. The maximum atomic E-state index is 11.9. The second-order valence-electron chi connectivity index (χ2n) is 5.74. The van der Waals surface area contributed by atoms with Crippen LogP contribution < -0.4 is 4.74 Å². The first kappa shape index (κ1) is 14.9. The number of pyridine rings is 1. The highest BCUT2D eigenvalue weighted by Gasteiger charge is 2.35. The molecule has 0 spiro atoms. The molecule has 1 aliphatic heterocycles. The van der Waals surface area contributed by atoms with Gasteiger partial charge in [-0.05, 0) is 39.3 Å². The summed E-state index contributed by atoms with van der Waals surface area (Å²) in [5, 5.41) is 0.427. The van der Waals surface area contributed by atoms with Gasteiger partial charge in [-0.1, -0.05) is 11.6 Å². The van der Waals surface area contributed by atoms with Crippen molar-refractivity contribution in [3.63, 3.8) is 0 Å². The van der Waals surface area contributed by atoms with Crippen molar-refractivity contribution in [3.05, 3.63) is 23.5 Å². The van der Waals surface area contributed by atoms with Crippen molar-refractivity contribution in [2.24, 2.45) is 0 Å². The fourth-order valence-electron chi connectivity index (χ4n) is 1.82. The number of nitrogens with zero attached hydrogens (tertiary/aromatic N) is 2. The molecule has 0 aromatic carbocycles. The van der Waals surface area contributed by atoms with E-state index >= 15 is 0 Å². The zero-order valence-corrected chi connectivity index (χ0v) is 12.7. The number of aromatic nitrogens is 1. The number of likely N-dealkylation sites (tertiary alicyclic amines) is 1. The highest BCUT2D eigenvalue weighted by atomic mass is 35.5. The quantitative estimate of drug-likeness (QED) is 0.805. The summed E-state index contributed by atoms with van der Waals surface area (Å²) in [5.41, 5.74) is -0.474. The molecule has 1 atom stereocenters. The molecule has 5 nitrogen and oxygen atoms in total. The van der Waals surface area contributed by atoms with Crippen LogP contribution in [0, 0.1) is 0 Å². The Labute approximate surface area is 123 Å². The van der Waals surface area contributed by atoms with E-state index in [2.05, 4.69) is 4.98 Å². The Morgan fingerprint density at radius 2 is 2.25 bits per heavy atom. The minimum atomic E-state index is -0.474. The number of carbonyl (C=O) groups is 1. The van der Waals surface area contributed by atoms with Crippen molar-refractivity contribution in [2.45, 2.75) is 38.8 Å². The maximum absolute atomic E-state index is 11.9. The predicted molar refractivity (Wildman–Crippen MR) is 76.1 cm³/mol. The molecule has 0 saturated carbocycles. The van der Waals surface area contributed by atoms with Gasteiger partial charge in [-0.3, -0.25) is 0 Å². The topological polar surface area (TPSA) is 51.7 Å². The summed E-state index contributed by atoms with van der Waals surface area (Å²) in [6.07, 6.45) is 2.20. The average molecular weight is 299 g/mol. The molecule has 0 radical (unpaired) electrons. The number of ether oxygens (including phenoxy) is 2. The second kappa shape index (κ2) is 5.87. The van der Waals surface area contributed by atoms with Crippen LogP contribution in [0.1, 0.15) is 27.2 Å². The first-order valence-corrected chi connectivity index (χ1v) is 6.97. The standard InChI is InChI=1S/C14H19ClN2O3/c1-14(2,3)20-13(18)17-7-6-10(17)9-19-11-4-5-12(15)16-8-11/h4-5,8,10H,6-7,9H2,1-3H3. The molecule has 110 valence electrons. The van der Waals surface area contributed by atoms with Gasteiger partial charge in [0.05, 0.1) is 12.2 Å². The van der Waals surface area contributed by atoms with Crippen LogP contribution in [0.2, 0.25) is 5.15 Å². The van der Waals surface area contributed by atoms with Gasteiger partial charge >= 0.3 is 6.09 Å². The van der Waals surface area contributed by atoms with Gasteiger partial charge in [-0.25, -0.2) is 9.78 Å². The van der Waals surface area contributed by atoms with Crippen molar-refractivity contribution >= 4 is 17.7 Å². The van der Waals surface area contributed by atoms with Gasteiger partial charge < -0.3 is 14.4 Å². The van der Waals surface area contributed by atoms with Gasteiger partial charge in [-0.15, -0.1) is 0 Å². The van der Waals surface area contributed by atoms with E-state index in [-0.39, 0.29) is 12.1 Å². The van der Waals surface area contributed by atoms with Crippen LogP contribution in [0.25, 0.3) is 0 Å². The van der Waals surface area contributed by atoms with Crippen LogP contribution >= 0.6 is 11.6 Å². The number of hydrogen-bond donors (Lipinski definition) is 0. The molecule has 20 heavy (non-hydrogen) atoms. The lowest BCUT2D eigenvalue weighted by atomic mass is 10.1. The van der Waals surface area contributed by atoms with Gasteiger partial charge in [-0.2, -0.15) is 0 Å². The molecule has 1 aromatic heterocycles. The third-order valence-corrected chi connectivity index (χ3v) is 3.14. The molecule has 1 saturated heterocycles. The largest absolute Gasteiger partial charge is 0.490 e. The first-order chi connectivity index (χ1) is 9.35. The van der Waals surface area contributed by atoms with E-state index in [1.165, 1.54) is 0 Å². The Morgan fingerprint density at radius 3 is 2.75 bits per heavy atom. The SMILES string of the molecule is CC(C)(C)OC(=O)N1CCC1COc1ccc(Cl)nc1. The van der Waals surface area contributed by atoms with E-state index in [0.717, 1.165) is 6.42 Å². The highest BCUT2D eigenvalue weighted by molar-refractivity contribution is 6.29. The summed E-state index contributed by atoms with van der Waals surface area (Å²) >= 11 is 5.70. The Morgan fingerprint density at radius 1 is 1.50 bits per heavy atom. The van der Waals surface area contributed by atoms with Crippen LogP contribution in [-0.2, 0) is 4.74 Å². The summed E-state index contributed by atoms with van der Waals surface area (Å²) in [4.78, 5) is 17.6. The van der Waals surface area contributed by atoms with Gasteiger partial charge in [0.2, 0.25) is 0 Å². The number of halogens is 1. The normalized spacial score (nSPS) is 18.4. The van der Waals surface area contributed by atoms with Crippen molar-refractivity contribution < 1.29 is 14.3 Å². The van der Waals surface area contributed by atoms with E-state index in [1.54, 1.807) is 23.2 Å². The molecule has 1 amide bonds. The summed E-state index contributed by atoms with van der Waals surface area (Å²) in [5.74, 6) is 0.644. The summed E-state index contributed by atoms with van der Waals surface area (Å²) in [7, 11) is 0. The van der Waals surface area contributed by atoms with E-state index < -0.39 is 5.60 Å². The second-order valence-corrected chi connectivity index (χ2v) is 6.13. The van der Waals surface area contributed by atoms with E-state index in [1.807, 2.05) is 20.8 Å². The van der Waals surface area contributed by atoms with Crippen molar-refractivity contribution in [3.8, 4) is 5.75 Å². The number of carbonyl (C=O) groups excluding carboxylic acids is 1. The molecule has 6 heteroatoms. The smallest absolute Gasteiger partial charge is 0.410 e. The minimum Gasteiger partial charge on any atom is -0.490 e. The molecule has 1 aliphatic rings. The van der Waals surface area contributed by atoms with E-state index in [4.69, 9.17) is 21.1 Å². The molecule has 0 bridgehead atoms. The highest BCUT2D eigenvalue weighted by Crippen LogP contribution is 2.22. The molecule has 1 fully saturated rings. The Bertz CT molecular complexity index is 470. The van der Waals surface area contributed by atoms with Gasteiger partial charge in [0.15, 0.2) is 0 Å². The van der Waals surface area contributed by atoms with E-state index in [9.17, 15) is 4.79 Å². The third-order valence-electron chi connectivity index (χ3n) is 2.91. The molecule has 2 heterocycles. The number of amides is 1. The van der Waals surface area contributed by atoms with Crippen molar-refractivity contribution in [1.29, 1.82) is 0 Å². The van der Waals surface area contributed by atoms with Crippen LogP contribution in [0.15, 0.2) is 18.3 Å². The summed E-state index contributed by atoms with van der Waals surface area (Å²) in [6, 6.07) is 3.48. The number of rotatable bonds is 3. The fourth-order valence-corrected chi connectivity index (χ4v) is 1.93. The molecular weight excluding hydrogens is 280 g/mol. The van der Waals surface area contributed by atoms with Crippen LogP contribution in [0.4, 0.5) is 4.79 Å². The monoisotopic (exact) mass is 298 g/mol. The first-order valence-electron chi connectivity index (χ1n) is 6.59. The lowest BCUT2D eigenvalue weighted by Crippen LogP contribution is -2.55. The molecule has 0 N–H and O–H groups in total. The number of hydrogen-bond acceptors (Lipinski definition) is 4. The van der Waals surface area contributed by atoms with Gasteiger partial charge in [0.25, 0.3) is 0 Å². The summed E-state index contributed by atoms with van der Waals surface area (Å²) < 4.78 is 10.9. The van der Waals surface area contributed by atoms with E-state index in [0.29, 0.717) is 24.1 Å². The summed E-state index contributed by atoms with van der Waals surface area (Å²) in [6.45, 7) is 6.71. The Hall–Kier alpha value is -1.49. The minimum absolute atomic E-state index is 0.0560. The average Bonchev–Trinajstić information content (AvgIpc) is 2.27. The fraction of sp³-hybridized carbons (Fsp3) is 0.571. The van der Waals surface area contributed by atoms with Crippen molar-refractivity contribution in [1.82, 2.24) is 9.88 Å². The molecule has 1 unspecified atom stereocenters. The van der Waals surface area contributed by atoms with Gasteiger partial charge in [0, 0.05) is 6.54 Å². The van der Waals surface area contributed by atoms with Crippen molar-refractivity contribution in [2.75, 3.05) is 13.2 Å². The molecular formula is C14H19ClN2O3. The Kier molecular flexibility index (Phi) is 4.38. The molecule has 0 aliphatic carbocycles. The molecule has 1 aromatic rings. The molecule has 2 rings (SSSR count). The Balaban J connectivity index is 1.82. The third kappa shape index (κ3) is 4.00. The lowest BCUT2D eigenvalue weighted by molar-refractivity contribution is -0.0141. The van der Waals surface area contributed by atoms with Crippen LogP contribution in [0.3, 0.4) is 0 Å². The van der Waals surface area contributed by atoms with Crippen LogP contribution in [-0.4, -0.2) is 40.8 Å².